The Labute approximate surface area is 84.5 Å². The zero-order valence-electron chi connectivity index (χ0n) is 8.64. The maximum atomic E-state index is 3.19. The van der Waals surface area contributed by atoms with Crippen molar-refractivity contribution >= 4 is 0 Å². The number of allylic oxidation sites excluding steroid dienone is 3. The van der Waals surface area contributed by atoms with E-state index >= 15 is 0 Å². The van der Waals surface area contributed by atoms with Crippen molar-refractivity contribution in [2.24, 2.45) is 0 Å². The summed E-state index contributed by atoms with van der Waals surface area (Å²) in [6.07, 6.45) is 12.4. The van der Waals surface area contributed by atoms with Gasteiger partial charge in [0.05, 0.1) is 6.04 Å². The SMILES string of the molecule is CC(C)n1cc[n+](CC2=C=CC=C2)c1. The molecule has 0 fully saturated rings. The second-order valence-electron chi connectivity index (χ2n) is 3.82. The molecular weight excluding hydrogens is 172 g/mol. The van der Waals surface area contributed by atoms with Crippen LogP contribution in [0.25, 0.3) is 0 Å². The first-order valence-corrected chi connectivity index (χ1v) is 4.94. The summed E-state index contributed by atoms with van der Waals surface area (Å²) < 4.78 is 4.37. The highest BCUT2D eigenvalue weighted by atomic mass is 15.1. The average molecular weight is 187 g/mol. The van der Waals surface area contributed by atoms with Crippen molar-refractivity contribution in [1.29, 1.82) is 0 Å². The van der Waals surface area contributed by atoms with Crippen LogP contribution in [0.15, 0.2) is 48.3 Å². The molecule has 1 aromatic heterocycles. The molecule has 1 aromatic rings. The third-order valence-electron chi connectivity index (χ3n) is 2.32. The molecule has 0 radical (unpaired) electrons. The van der Waals surface area contributed by atoms with Crippen LogP contribution in [0.3, 0.4) is 0 Å². The first-order chi connectivity index (χ1) is 6.75. The highest BCUT2D eigenvalue weighted by Crippen LogP contribution is 2.03. The van der Waals surface area contributed by atoms with E-state index in [9.17, 15) is 0 Å². The topological polar surface area (TPSA) is 8.81 Å². The van der Waals surface area contributed by atoms with Gasteiger partial charge in [0.25, 0.3) is 0 Å². The van der Waals surface area contributed by atoms with Crippen LogP contribution in [0.5, 0.6) is 0 Å². The highest BCUT2D eigenvalue weighted by Gasteiger charge is 2.07. The largest absolute Gasteiger partial charge is 0.244 e. The second kappa shape index (κ2) is 3.69. The smallest absolute Gasteiger partial charge is 0.235 e. The summed E-state index contributed by atoms with van der Waals surface area (Å²) >= 11 is 0. The summed E-state index contributed by atoms with van der Waals surface area (Å²) in [7, 11) is 0. The summed E-state index contributed by atoms with van der Waals surface area (Å²) in [6, 6.07) is 0.528. The lowest BCUT2D eigenvalue weighted by Crippen LogP contribution is -2.31. The van der Waals surface area contributed by atoms with Gasteiger partial charge in [-0.25, -0.2) is 9.13 Å². The van der Waals surface area contributed by atoms with E-state index in [1.54, 1.807) is 0 Å². The van der Waals surface area contributed by atoms with E-state index in [4.69, 9.17) is 0 Å². The van der Waals surface area contributed by atoms with E-state index in [0.717, 1.165) is 6.54 Å². The van der Waals surface area contributed by atoms with Crippen LogP contribution in [0.1, 0.15) is 19.9 Å². The minimum atomic E-state index is 0.528. The second-order valence-corrected chi connectivity index (χ2v) is 3.82. The van der Waals surface area contributed by atoms with Gasteiger partial charge in [-0.2, -0.15) is 0 Å². The van der Waals surface area contributed by atoms with Crippen molar-refractivity contribution in [1.82, 2.24) is 4.57 Å². The lowest BCUT2D eigenvalue weighted by atomic mass is 10.3. The molecule has 2 nitrogen and oxygen atoms in total. The molecule has 72 valence electrons. The fourth-order valence-electron chi connectivity index (χ4n) is 1.47. The van der Waals surface area contributed by atoms with Gasteiger partial charge in [0.15, 0.2) is 0 Å². The minimum absolute atomic E-state index is 0.528. The van der Waals surface area contributed by atoms with Gasteiger partial charge in [-0.1, -0.05) is 6.08 Å². The summed E-state index contributed by atoms with van der Waals surface area (Å²) in [5.41, 5.74) is 4.43. The van der Waals surface area contributed by atoms with Crippen LogP contribution >= 0.6 is 0 Å². The normalized spacial score (nSPS) is 14.1. The zero-order chi connectivity index (χ0) is 9.97. The molecule has 1 heterocycles. The standard InChI is InChI=1S/C12H15N2/c1-11(2)14-8-7-13(10-14)9-12-5-3-4-6-12/h3-5,7-8,10-11H,9H2,1-2H3/q+1. The number of imidazole rings is 1. The number of rotatable bonds is 3. The summed E-state index contributed by atoms with van der Waals surface area (Å²) in [4.78, 5) is 0. The van der Waals surface area contributed by atoms with Gasteiger partial charge in [-0.15, -0.1) is 5.73 Å². The molecule has 0 aromatic carbocycles. The van der Waals surface area contributed by atoms with Crippen LogP contribution in [0, 0.1) is 0 Å². The van der Waals surface area contributed by atoms with Crippen molar-refractivity contribution in [3.63, 3.8) is 0 Å². The van der Waals surface area contributed by atoms with E-state index in [-0.39, 0.29) is 0 Å². The highest BCUT2D eigenvalue weighted by molar-refractivity contribution is 5.27. The molecule has 0 atom stereocenters. The van der Waals surface area contributed by atoms with Crippen molar-refractivity contribution in [3.05, 3.63) is 48.3 Å². The van der Waals surface area contributed by atoms with Crippen molar-refractivity contribution in [2.75, 3.05) is 0 Å². The van der Waals surface area contributed by atoms with E-state index in [1.165, 1.54) is 5.57 Å². The van der Waals surface area contributed by atoms with Gasteiger partial charge in [0.2, 0.25) is 6.33 Å². The molecular formula is C12H15N2+. The molecule has 0 amide bonds. The lowest BCUT2D eigenvalue weighted by Gasteiger charge is -1.97. The monoisotopic (exact) mass is 187 g/mol. The Hall–Kier alpha value is -1.53. The Morgan fingerprint density at radius 2 is 2.36 bits per heavy atom. The first-order valence-electron chi connectivity index (χ1n) is 4.94. The molecule has 0 spiro atoms. The predicted molar refractivity (Wildman–Crippen MR) is 55.7 cm³/mol. The molecule has 2 rings (SSSR count). The van der Waals surface area contributed by atoms with Gasteiger partial charge < -0.3 is 0 Å². The molecule has 0 saturated heterocycles. The van der Waals surface area contributed by atoms with E-state index in [1.807, 2.05) is 12.2 Å². The van der Waals surface area contributed by atoms with Gasteiger partial charge in [0.1, 0.15) is 18.9 Å². The van der Waals surface area contributed by atoms with Crippen molar-refractivity contribution in [3.8, 4) is 0 Å². The van der Waals surface area contributed by atoms with Crippen LogP contribution in [-0.4, -0.2) is 4.57 Å². The van der Waals surface area contributed by atoms with Crippen LogP contribution in [0.2, 0.25) is 0 Å². The molecule has 1 aliphatic rings. The molecule has 14 heavy (non-hydrogen) atoms. The Morgan fingerprint density at radius 3 is 2.93 bits per heavy atom. The predicted octanol–water partition coefficient (Wildman–Crippen LogP) is 2.01. The summed E-state index contributed by atoms with van der Waals surface area (Å²) in [6.45, 7) is 5.27. The lowest BCUT2D eigenvalue weighted by molar-refractivity contribution is -0.688. The zero-order valence-corrected chi connectivity index (χ0v) is 8.64. The van der Waals surface area contributed by atoms with Crippen LogP contribution < -0.4 is 4.57 Å². The van der Waals surface area contributed by atoms with E-state index in [2.05, 4.69) is 53.5 Å². The Kier molecular flexibility index (Phi) is 2.38. The van der Waals surface area contributed by atoms with Crippen LogP contribution in [0.4, 0.5) is 0 Å². The fourth-order valence-corrected chi connectivity index (χ4v) is 1.47. The molecule has 0 saturated carbocycles. The van der Waals surface area contributed by atoms with Gasteiger partial charge in [-0.05, 0) is 26.0 Å². The Morgan fingerprint density at radius 1 is 1.50 bits per heavy atom. The van der Waals surface area contributed by atoms with Crippen molar-refractivity contribution < 1.29 is 4.57 Å². The number of aromatic nitrogens is 2. The number of nitrogens with zero attached hydrogens (tertiary/aromatic N) is 2. The molecule has 0 aliphatic heterocycles. The Balaban J connectivity index is 2.10. The van der Waals surface area contributed by atoms with Crippen LogP contribution in [-0.2, 0) is 6.54 Å². The average Bonchev–Trinajstić information content (AvgIpc) is 2.75. The van der Waals surface area contributed by atoms with Gasteiger partial charge in [-0.3, -0.25) is 0 Å². The van der Waals surface area contributed by atoms with Crippen molar-refractivity contribution in [2.45, 2.75) is 26.4 Å². The van der Waals surface area contributed by atoms with E-state index in [0.29, 0.717) is 6.04 Å². The maximum Gasteiger partial charge on any atom is 0.244 e. The first kappa shape index (κ1) is 9.04. The molecule has 1 aliphatic carbocycles. The van der Waals surface area contributed by atoms with E-state index < -0.39 is 0 Å². The third kappa shape index (κ3) is 1.86. The third-order valence-corrected chi connectivity index (χ3v) is 2.32. The quantitative estimate of drug-likeness (QED) is 0.505. The molecule has 2 heteroatoms. The summed E-state index contributed by atoms with van der Waals surface area (Å²) in [5.74, 6) is 0. The molecule has 0 N–H and O–H groups in total. The molecule has 0 bridgehead atoms. The van der Waals surface area contributed by atoms with Gasteiger partial charge >= 0.3 is 0 Å². The minimum Gasteiger partial charge on any atom is -0.235 e. The molecule has 0 unspecified atom stereocenters. The van der Waals surface area contributed by atoms with Gasteiger partial charge in [0, 0.05) is 5.57 Å². The number of hydrogen-bond acceptors (Lipinski definition) is 0. The fraction of sp³-hybridized carbons (Fsp3) is 0.333. The Bertz CT molecular complexity index is 415. The summed E-state index contributed by atoms with van der Waals surface area (Å²) in [5, 5.41) is 0. The maximum absolute atomic E-state index is 3.19. The number of hydrogen-bond donors (Lipinski definition) is 0.